The largest absolute Gasteiger partial charge is 0.508 e. The molecule has 2 aromatic rings. The van der Waals surface area contributed by atoms with Crippen LogP contribution in [0.5, 0.6) is 11.5 Å². The van der Waals surface area contributed by atoms with Crippen LogP contribution in [0, 0.1) is 6.92 Å². The van der Waals surface area contributed by atoms with E-state index in [0.717, 1.165) is 27.0 Å². The Balaban J connectivity index is 2.14. The minimum Gasteiger partial charge on any atom is -0.508 e. The minimum atomic E-state index is 0.267. The van der Waals surface area contributed by atoms with Gasteiger partial charge in [0.15, 0.2) is 0 Å². The molecule has 2 aromatic carbocycles. The van der Waals surface area contributed by atoms with Crippen molar-refractivity contribution in [2.75, 3.05) is 12.4 Å². The normalized spacial score (nSPS) is 10.3. The van der Waals surface area contributed by atoms with Gasteiger partial charge in [-0.3, -0.25) is 0 Å². The summed E-state index contributed by atoms with van der Waals surface area (Å²) in [5, 5.41) is 13.1. The highest BCUT2D eigenvalue weighted by Crippen LogP contribution is 2.25. The Morgan fingerprint density at radius 3 is 2.68 bits per heavy atom. The molecule has 0 heterocycles. The molecule has 0 aromatic heterocycles. The van der Waals surface area contributed by atoms with Crippen molar-refractivity contribution in [1.29, 1.82) is 0 Å². The fraction of sp³-hybridized carbons (Fsp3) is 0.200. The van der Waals surface area contributed by atoms with Gasteiger partial charge in [0, 0.05) is 22.3 Å². The van der Waals surface area contributed by atoms with Crippen molar-refractivity contribution in [2.24, 2.45) is 0 Å². The van der Waals surface area contributed by atoms with Crippen molar-refractivity contribution in [3.63, 3.8) is 0 Å². The summed E-state index contributed by atoms with van der Waals surface area (Å²) in [6.07, 6.45) is 0. The maximum absolute atomic E-state index is 9.82. The van der Waals surface area contributed by atoms with E-state index >= 15 is 0 Å². The number of phenolic OH excluding ortho intramolecular Hbond substituents is 1. The smallest absolute Gasteiger partial charge is 0.120 e. The van der Waals surface area contributed by atoms with E-state index in [1.165, 1.54) is 0 Å². The second kappa shape index (κ2) is 5.97. The van der Waals surface area contributed by atoms with Crippen LogP contribution in [0.1, 0.15) is 11.1 Å². The molecule has 0 fully saturated rings. The summed E-state index contributed by atoms with van der Waals surface area (Å²) in [6.45, 7) is 2.59. The molecule has 0 aliphatic heterocycles. The van der Waals surface area contributed by atoms with Gasteiger partial charge in [0.2, 0.25) is 0 Å². The number of methoxy groups -OCH3 is 1. The fourth-order valence-corrected chi connectivity index (χ4v) is 2.32. The third-order valence-electron chi connectivity index (χ3n) is 2.94. The number of phenols is 1. The van der Waals surface area contributed by atoms with Crippen LogP contribution < -0.4 is 10.1 Å². The van der Waals surface area contributed by atoms with Crippen LogP contribution in [-0.4, -0.2) is 12.2 Å². The van der Waals surface area contributed by atoms with Crippen molar-refractivity contribution in [1.82, 2.24) is 0 Å². The van der Waals surface area contributed by atoms with Crippen LogP contribution >= 0.6 is 15.9 Å². The van der Waals surface area contributed by atoms with E-state index in [1.807, 2.05) is 31.2 Å². The monoisotopic (exact) mass is 321 g/mol. The van der Waals surface area contributed by atoms with Crippen LogP contribution in [0.15, 0.2) is 40.9 Å². The Bertz CT molecular complexity index is 584. The van der Waals surface area contributed by atoms with E-state index in [-0.39, 0.29) is 5.75 Å². The predicted molar refractivity (Wildman–Crippen MR) is 80.9 cm³/mol. The average molecular weight is 322 g/mol. The molecule has 0 saturated carbocycles. The number of nitrogens with one attached hydrogen (secondary N) is 1. The van der Waals surface area contributed by atoms with Crippen molar-refractivity contribution in [3.8, 4) is 11.5 Å². The van der Waals surface area contributed by atoms with E-state index in [2.05, 4.69) is 21.2 Å². The molecule has 0 aliphatic rings. The molecule has 0 spiro atoms. The molecule has 2 N–H and O–H groups in total. The molecule has 19 heavy (non-hydrogen) atoms. The molecule has 0 aliphatic carbocycles. The number of anilines is 1. The zero-order chi connectivity index (χ0) is 13.8. The molecule has 3 nitrogen and oxygen atoms in total. The molecule has 0 radical (unpaired) electrons. The maximum atomic E-state index is 9.82. The first-order chi connectivity index (χ1) is 9.10. The average Bonchev–Trinajstić information content (AvgIpc) is 2.39. The van der Waals surface area contributed by atoms with Gasteiger partial charge >= 0.3 is 0 Å². The summed E-state index contributed by atoms with van der Waals surface area (Å²) >= 11 is 3.44. The van der Waals surface area contributed by atoms with Gasteiger partial charge in [0.1, 0.15) is 11.5 Å². The molecule has 0 atom stereocenters. The number of aromatic hydroxyl groups is 1. The molecule has 0 unspecified atom stereocenters. The van der Waals surface area contributed by atoms with Crippen LogP contribution in [0.3, 0.4) is 0 Å². The van der Waals surface area contributed by atoms with E-state index in [1.54, 1.807) is 19.2 Å². The lowest BCUT2D eigenvalue weighted by Crippen LogP contribution is -2.01. The lowest BCUT2D eigenvalue weighted by atomic mass is 10.1. The highest BCUT2D eigenvalue weighted by Gasteiger charge is 2.04. The van der Waals surface area contributed by atoms with E-state index < -0.39 is 0 Å². The molecule has 0 amide bonds. The Labute approximate surface area is 121 Å². The van der Waals surface area contributed by atoms with E-state index in [4.69, 9.17) is 4.74 Å². The molecular weight excluding hydrogens is 306 g/mol. The first-order valence-electron chi connectivity index (χ1n) is 5.96. The predicted octanol–water partition coefficient (Wildman–Crippen LogP) is 4.08. The Kier molecular flexibility index (Phi) is 4.32. The van der Waals surface area contributed by atoms with E-state index in [0.29, 0.717) is 6.54 Å². The number of rotatable bonds is 4. The fourth-order valence-electron chi connectivity index (χ4n) is 1.85. The summed E-state index contributed by atoms with van der Waals surface area (Å²) in [4.78, 5) is 0. The first-order valence-corrected chi connectivity index (χ1v) is 6.75. The zero-order valence-electron chi connectivity index (χ0n) is 10.9. The van der Waals surface area contributed by atoms with Gasteiger partial charge in [-0.1, -0.05) is 15.9 Å². The summed E-state index contributed by atoms with van der Waals surface area (Å²) in [7, 11) is 1.61. The number of hydrogen-bond donors (Lipinski definition) is 2. The molecule has 2 rings (SSSR count). The maximum Gasteiger partial charge on any atom is 0.120 e. The number of halogens is 1. The van der Waals surface area contributed by atoms with Crippen LogP contribution in [0.4, 0.5) is 5.69 Å². The number of aryl methyl sites for hydroxylation is 1. The van der Waals surface area contributed by atoms with Gasteiger partial charge in [-0.15, -0.1) is 0 Å². The van der Waals surface area contributed by atoms with Crippen molar-refractivity contribution in [3.05, 3.63) is 52.0 Å². The number of hydrogen-bond acceptors (Lipinski definition) is 3. The van der Waals surface area contributed by atoms with Gasteiger partial charge < -0.3 is 15.2 Å². The standard InChI is InChI=1S/C15H16BrNO2/c1-10-7-12(16)3-5-14(10)17-9-11-8-13(19-2)4-6-15(11)18/h3-8,17-18H,9H2,1-2H3. The topological polar surface area (TPSA) is 41.5 Å². The minimum absolute atomic E-state index is 0.267. The molecule has 0 bridgehead atoms. The number of benzene rings is 2. The Morgan fingerprint density at radius 1 is 1.21 bits per heavy atom. The molecule has 100 valence electrons. The second-order valence-corrected chi connectivity index (χ2v) is 5.22. The van der Waals surface area contributed by atoms with Crippen molar-refractivity contribution in [2.45, 2.75) is 13.5 Å². The van der Waals surface area contributed by atoms with Crippen molar-refractivity contribution >= 4 is 21.6 Å². The van der Waals surface area contributed by atoms with Gasteiger partial charge in [0.25, 0.3) is 0 Å². The van der Waals surface area contributed by atoms with E-state index in [9.17, 15) is 5.11 Å². The molecule has 4 heteroatoms. The van der Waals surface area contributed by atoms with Crippen LogP contribution in [0.25, 0.3) is 0 Å². The molecule has 0 saturated heterocycles. The van der Waals surface area contributed by atoms with Gasteiger partial charge in [-0.2, -0.15) is 0 Å². The first kappa shape index (κ1) is 13.7. The Morgan fingerprint density at radius 2 is 2.00 bits per heavy atom. The van der Waals surface area contributed by atoms with Gasteiger partial charge in [-0.25, -0.2) is 0 Å². The lowest BCUT2D eigenvalue weighted by Gasteiger charge is -2.12. The highest BCUT2D eigenvalue weighted by molar-refractivity contribution is 9.10. The summed E-state index contributed by atoms with van der Waals surface area (Å²) in [6, 6.07) is 11.3. The third-order valence-corrected chi connectivity index (χ3v) is 3.44. The van der Waals surface area contributed by atoms with Crippen LogP contribution in [0.2, 0.25) is 0 Å². The Hall–Kier alpha value is -1.68. The quantitative estimate of drug-likeness (QED) is 0.891. The van der Waals surface area contributed by atoms with Crippen LogP contribution in [-0.2, 0) is 6.54 Å². The second-order valence-electron chi connectivity index (χ2n) is 4.31. The third kappa shape index (κ3) is 3.41. The SMILES string of the molecule is COc1ccc(O)c(CNc2ccc(Br)cc2C)c1. The summed E-state index contributed by atoms with van der Waals surface area (Å²) in [5.41, 5.74) is 3.00. The number of ether oxygens (including phenoxy) is 1. The van der Waals surface area contributed by atoms with Crippen molar-refractivity contribution < 1.29 is 9.84 Å². The molecular formula is C15H16BrNO2. The highest BCUT2D eigenvalue weighted by atomic mass is 79.9. The lowest BCUT2D eigenvalue weighted by molar-refractivity contribution is 0.411. The summed E-state index contributed by atoms with van der Waals surface area (Å²) < 4.78 is 6.21. The zero-order valence-corrected chi connectivity index (χ0v) is 12.5. The summed E-state index contributed by atoms with van der Waals surface area (Å²) in [5.74, 6) is 1.00. The van der Waals surface area contributed by atoms with Gasteiger partial charge in [0.05, 0.1) is 7.11 Å². The van der Waals surface area contributed by atoms with Gasteiger partial charge in [-0.05, 0) is 48.9 Å².